The van der Waals surface area contributed by atoms with E-state index in [4.69, 9.17) is 0 Å². The van der Waals surface area contributed by atoms with Gasteiger partial charge in [0, 0.05) is 0 Å². The van der Waals surface area contributed by atoms with E-state index in [1.54, 1.807) is 33.4 Å². The molecule has 0 aliphatic heterocycles. The van der Waals surface area contributed by atoms with Crippen molar-refractivity contribution in [1.82, 2.24) is 0 Å². The Morgan fingerprint density at radius 3 is 1.12 bits per heavy atom. The van der Waals surface area contributed by atoms with Crippen molar-refractivity contribution in [3.8, 4) is 66.8 Å². The van der Waals surface area contributed by atoms with Crippen molar-refractivity contribution in [3.63, 3.8) is 0 Å². The molecule has 0 radical (unpaired) electrons. The lowest BCUT2D eigenvalue weighted by Crippen LogP contribution is -1.98. The number of hydrogen-bond donors (Lipinski definition) is 0. The molecule has 0 saturated carbocycles. The summed E-state index contributed by atoms with van der Waals surface area (Å²) in [4.78, 5) is 0. The molecule has 0 spiro atoms. The van der Waals surface area contributed by atoms with Crippen molar-refractivity contribution in [3.05, 3.63) is 282 Å². The highest BCUT2D eigenvalue weighted by Crippen LogP contribution is 2.53. The van der Waals surface area contributed by atoms with Gasteiger partial charge in [-0.3, -0.25) is 0 Å². The van der Waals surface area contributed by atoms with Crippen molar-refractivity contribution in [2.45, 2.75) is 148 Å². The van der Waals surface area contributed by atoms with Crippen LogP contribution in [0.1, 0.15) is 189 Å². The molecule has 0 amide bonds. The molecular formula is C88H88. The Labute approximate surface area is 526 Å². The second-order valence-corrected chi connectivity index (χ2v) is 26.4. The first-order valence-electron chi connectivity index (χ1n) is 31.2. The van der Waals surface area contributed by atoms with Crippen LogP contribution in [0.3, 0.4) is 0 Å². The summed E-state index contributed by atoms with van der Waals surface area (Å²) in [6.45, 7) is 20.8. The van der Waals surface area contributed by atoms with Crippen LogP contribution in [0.15, 0.2) is 182 Å². The first-order valence-corrected chi connectivity index (χ1v) is 31.2. The molecule has 440 valence electrons. The number of hydrogen-bond acceptors (Lipinski definition) is 0. The van der Waals surface area contributed by atoms with Gasteiger partial charge < -0.3 is 0 Å². The van der Waals surface area contributed by atoms with Crippen molar-refractivity contribution < 1.29 is 0 Å². The molecule has 88 heavy (non-hydrogen) atoms. The summed E-state index contributed by atoms with van der Waals surface area (Å²) in [5, 5.41) is 8.51. The van der Waals surface area contributed by atoms with Crippen LogP contribution in [-0.4, -0.2) is 0 Å². The van der Waals surface area contributed by atoms with Gasteiger partial charge in [0.25, 0.3) is 0 Å². The number of fused-ring (bicyclic) bond motifs is 26. The normalized spacial score (nSPS) is 13.0. The van der Waals surface area contributed by atoms with Crippen LogP contribution in [0.5, 0.6) is 0 Å². The number of benzene rings is 12. The molecule has 0 saturated heterocycles. The topological polar surface area (TPSA) is 0 Å². The third kappa shape index (κ3) is 8.98. The van der Waals surface area contributed by atoms with Crippen molar-refractivity contribution >= 4 is 32.3 Å². The standard InChI is InChI=1S/3C28H24.4CH4/c1-16(2)25-17(3)8-13-23-24(25)15-21-12-10-18-9-11-20-14-19-6-4-5-7-22(19)26(20)28(18)27(21)23;1-16(2)26-17(3)8-12-23-25(26)15-20-10-9-18-11-13-22-21-7-5-4-6-19(21)14-24(22)27(18)28(20)23;1-16(2)27-17(3)8-11-23-26(27)14-20-10-9-19-13-24-21(15-25(19)28(20)23)12-18-6-4-5-7-22(18)24;;;;/h2*4-13,16H,14-15H2,1-3H3;4-11,13,15-16H,12,14H2,1-3H3;4*1H4. The third-order valence-electron chi connectivity index (χ3n) is 20.5. The molecular weight excluding hydrogens is 1060 g/mol. The minimum absolute atomic E-state index is 0. The zero-order valence-corrected chi connectivity index (χ0v) is 50.3. The molecule has 6 aliphatic rings. The molecule has 12 aromatic rings. The maximum Gasteiger partial charge on any atom is -0.000706 e. The third-order valence-corrected chi connectivity index (χ3v) is 20.5. The fraction of sp³-hybridized carbons (Fsp3) is 0.250. The van der Waals surface area contributed by atoms with Crippen LogP contribution in [-0.2, 0) is 38.5 Å². The SMILES string of the molecule is C.C.C.C.Cc1ccc2c(c1C(C)C)Cc1ccc3cc4c(cc3c1-2)Cc1ccccc1-4.Cc1ccc2c(c1C(C)C)Cc1ccc3ccc4c(c3c1-2)-c1ccccc1C4.Cc1ccc2c(c1C(C)C)Cc1ccc3ccc4c(c3c1-2)Cc1ccccc1-4. The van der Waals surface area contributed by atoms with Gasteiger partial charge in [-0.25, -0.2) is 0 Å². The summed E-state index contributed by atoms with van der Waals surface area (Å²) in [7, 11) is 0. The quantitative estimate of drug-likeness (QED) is 0.165. The lowest BCUT2D eigenvalue weighted by molar-refractivity contribution is 0.842. The highest BCUT2D eigenvalue weighted by atomic mass is 14.4. The van der Waals surface area contributed by atoms with Gasteiger partial charge in [-0.05, 0) is 288 Å². The molecule has 0 unspecified atom stereocenters. The van der Waals surface area contributed by atoms with Gasteiger partial charge in [0.1, 0.15) is 0 Å². The molecule has 0 aromatic heterocycles. The van der Waals surface area contributed by atoms with Gasteiger partial charge in [0.05, 0.1) is 0 Å². The van der Waals surface area contributed by atoms with E-state index in [1.807, 2.05) is 0 Å². The van der Waals surface area contributed by atoms with Crippen LogP contribution < -0.4 is 0 Å². The summed E-state index contributed by atoms with van der Waals surface area (Å²) >= 11 is 0. The minimum atomic E-state index is 0. The van der Waals surface area contributed by atoms with Gasteiger partial charge in [-0.2, -0.15) is 0 Å². The molecule has 0 bridgehead atoms. The Morgan fingerprint density at radius 1 is 0.250 bits per heavy atom. The minimum Gasteiger partial charge on any atom is -0.0776 e. The molecule has 0 heterocycles. The van der Waals surface area contributed by atoms with Crippen LogP contribution in [0.4, 0.5) is 0 Å². The van der Waals surface area contributed by atoms with E-state index in [-0.39, 0.29) is 29.7 Å². The molecule has 0 N–H and O–H groups in total. The summed E-state index contributed by atoms with van der Waals surface area (Å²) in [5.74, 6) is 1.68. The van der Waals surface area contributed by atoms with E-state index in [2.05, 4.69) is 244 Å². The maximum atomic E-state index is 2.48. The molecule has 0 fully saturated rings. The van der Waals surface area contributed by atoms with E-state index in [9.17, 15) is 0 Å². The molecule has 0 nitrogen and oxygen atoms in total. The lowest BCUT2D eigenvalue weighted by atomic mass is 9.88. The molecule has 12 aromatic carbocycles. The smallest absolute Gasteiger partial charge is 0.000706 e. The zero-order chi connectivity index (χ0) is 57.0. The second kappa shape index (κ2) is 22.5. The van der Waals surface area contributed by atoms with Crippen LogP contribution in [0.2, 0.25) is 0 Å². The van der Waals surface area contributed by atoms with E-state index in [0.717, 1.165) is 38.5 Å². The summed E-state index contributed by atoms with van der Waals surface area (Å²) in [5.41, 5.74) is 44.4. The highest BCUT2D eigenvalue weighted by molar-refractivity contribution is 6.12. The van der Waals surface area contributed by atoms with E-state index >= 15 is 0 Å². The van der Waals surface area contributed by atoms with Gasteiger partial charge in [-0.1, -0.05) is 241 Å². The van der Waals surface area contributed by atoms with Crippen LogP contribution in [0.25, 0.3) is 99.1 Å². The fourth-order valence-corrected chi connectivity index (χ4v) is 17.2. The Kier molecular flexibility index (Phi) is 15.3. The Morgan fingerprint density at radius 2 is 0.602 bits per heavy atom. The van der Waals surface area contributed by atoms with Crippen molar-refractivity contribution in [2.75, 3.05) is 0 Å². The predicted molar refractivity (Wildman–Crippen MR) is 385 cm³/mol. The highest BCUT2D eigenvalue weighted by Gasteiger charge is 2.32. The average Bonchev–Trinajstić information content (AvgIpc) is 1.87. The van der Waals surface area contributed by atoms with Gasteiger partial charge >= 0.3 is 0 Å². The monoisotopic (exact) mass is 1140 g/mol. The van der Waals surface area contributed by atoms with Gasteiger partial charge in [0.15, 0.2) is 0 Å². The average molecular weight is 1150 g/mol. The Balaban J connectivity index is 0.000000126. The summed E-state index contributed by atoms with van der Waals surface area (Å²) in [6.07, 6.45) is 6.39. The van der Waals surface area contributed by atoms with Crippen LogP contribution >= 0.6 is 0 Å². The fourth-order valence-electron chi connectivity index (χ4n) is 17.2. The molecule has 0 atom stereocenters. The summed E-state index contributed by atoms with van der Waals surface area (Å²) in [6, 6.07) is 69.2. The van der Waals surface area contributed by atoms with Gasteiger partial charge in [0.2, 0.25) is 0 Å². The number of rotatable bonds is 3. The van der Waals surface area contributed by atoms with Crippen molar-refractivity contribution in [2.24, 2.45) is 0 Å². The predicted octanol–water partition coefficient (Wildman–Crippen LogP) is 24.8. The summed E-state index contributed by atoms with van der Waals surface area (Å²) < 4.78 is 0. The number of aryl methyl sites for hydroxylation is 3. The lowest BCUT2D eigenvalue weighted by Gasteiger charge is -2.16. The Hall–Kier alpha value is -8.58. The molecule has 6 aliphatic carbocycles. The van der Waals surface area contributed by atoms with E-state index in [0.29, 0.717) is 17.8 Å². The maximum absolute atomic E-state index is 2.48. The molecule has 18 rings (SSSR count). The first kappa shape index (κ1) is 59.7. The first-order chi connectivity index (χ1) is 40.9. The zero-order valence-electron chi connectivity index (χ0n) is 50.3. The van der Waals surface area contributed by atoms with Crippen molar-refractivity contribution in [1.29, 1.82) is 0 Å². The van der Waals surface area contributed by atoms with E-state index < -0.39 is 0 Å². The van der Waals surface area contributed by atoms with E-state index in [1.165, 1.54) is 166 Å². The largest absolute Gasteiger partial charge is 0.0776 e. The van der Waals surface area contributed by atoms with Crippen LogP contribution in [0, 0.1) is 20.8 Å². The Bertz CT molecular complexity index is 4830. The molecule has 0 heteroatoms. The second-order valence-electron chi connectivity index (χ2n) is 26.4. The van der Waals surface area contributed by atoms with Gasteiger partial charge in [-0.15, -0.1) is 0 Å².